The summed E-state index contributed by atoms with van der Waals surface area (Å²) in [7, 11) is 2.79. The van der Waals surface area contributed by atoms with Gasteiger partial charge in [0.15, 0.2) is 5.60 Å². The Morgan fingerprint density at radius 3 is 2.63 bits per heavy atom. The fraction of sp³-hybridized carbons (Fsp3) is 0.562. The molecule has 0 unspecified atom stereocenters. The Morgan fingerprint density at radius 1 is 1.33 bits per heavy atom. The molecule has 3 N–H and O–H groups in total. The van der Waals surface area contributed by atoms with Crippen LogP contribution in [0.15, 0.2) is 26.0 Å². The molecule has 9 nitrogen and oxygen atoms in total. The van der Waals surface area contributed by atoms with E-state index < -0.39 is 17.8 Å². The van der Waals surface area contributed by atoms with Gasteiger partial charge >= 0.3 is 6.09 Å². The van der Waals surface area contributed by atoms with Gasteiger partial charge in [-0.25, -0.2) is 4.79 Å². The zero-order valence-electron chi connectivity index (χ0n) is 14.9. The number of unbranched alkanes of at least 4 members (excludes halogenated alkanes) is 1. The molecule has 1 aliphatic carbocycles. The zero-order valence-corrected chi connectivity index (χ0v) is 18.1. The van der Waals surface area contributed by atoms with Gasteiger partial charge < -0.3 is 30.1 Å². The molecule has 2 atom stereocenters. The molecule has 0 saturated carbocycles. The second-order valence-corrected chi connectivity index (χ2v) is 7.63. The predicted molar refractivity (Wildman–Crippen MR) is 104 cm³/mol. The Balaban J connectivity index is 1.82. The summed E-state index contributed by atoms with van der Waals surface area (Å²) in [5, 5.41) is 19.7. The van der Waals surface area contributed by atoms with Crippen molar-refractivity contribution in [3.8, 4) is 0 Å². The highest BCUT2D eigenvalue weighted by Gasteiger charge is 2.50. The third kappa shape index (κ3) is 5.02. The Morgan fingerprint density at radius 2 is 2.00 bits per heavy atom. The summed E-state index contributed by atoms with van der Waals surface area (Å²) in [4.78, 5) is 28.6. The van der Waals surface area contributed by atoms with Crippen molar-refractivity contribution in [3.05, 3.63) is 20.8 Å². The molecule has 0 aromatic rings. The highest BCUT2D eigenvalue weighted by molar-refractivity contribution is 9.12. The number of nitrogens with zero attached hydrogens (tertiary/aromatic N) is 1. The van der Waals surface area contributed by atoms with Crippen LogP contribution in [0.5, 0.6) is 0 Å². The maximum atomic E-state index is 12.3. The number of allylic oxidation sites excluding steroid dienone is 1. The van der Waals surface area contributed by atoms with Gasteiger partial charge in [-0.1, -0.05) is 5.16 Å². The molecule has 0 bridgehead atoms. The van der Waals surface area contributed by atoms with Gasteiger partial charge in [0.1, 0.15) is 17.6 Å². The largest absolute Gasteiger partial charge is 0.495 e. The summed E-state index contributed by atoms with van der Waals surface area (Å²) >= 11 is 6.68. The molecule has 0 aromatic carbocycles. The first kappa shape index (κ1) is 21.7. The quantitative estimate of drug-likeness (QED) is 0.448. The van der Waals surface area contributed by atoms with Crippen LogP contribution in [0.2, 0.25) is 0 Å². The Bertz CT molecular complexity index is 694. The van der Waals surface area contributed by atoms with E-state index in [1.165, 1.54) is 14.2 Å². The van der Waals surface area contributed by atoms with Crippen LogP contribution in [0, 0.1) is 0 Å². The second kappa shape index (κ2) is 9.56. The van der Waals surface area contributed by atoms with Gasteiger partial charge in [-0.3, -0.25) is 4.79 Å². The number of oxime groups is 1. The number of aliphatic hydroxyl groups is 1. The average Bonchev–Trinajstić information content (AvgIpc) is 3.07. The summed E-state index contributed by atoms with van der Waals surface area (Å²) in [6.45, 7) is 0.885. The van der Waals surface area contributed by atoms with Crippen molar-refractivity contribution in [2.45, 2.75) is 31.0 Å². The highest BCUT2D eigenvalue weighted by Crippen LogP contribution is 2.43. The standard InChI is InChI=1S/C16H21Br2N3O6/c1-25-12-9(17)7-16(13(22)11(12)18)8-10(21-27-16)14(23)19-5-3-4-6-20-15(24)26-2/h7,13,22H,3-6,8H2,1-2H3,(H,19,23)(H,20,24)/t13-,16+/m0/s1. The van der Waals surface area contributed by atoms with E-state index in [1.54, 1.807) is 6.08 Å². The Hall–Kier alpha value is -1.59. The fourth-order valence-corrected chi connectivity index (χ4v) is 4.43. The molecule has 1 heterocycles. The minimum absolute atomic E-state index is 0.116. The number of amides is 2. The summed E-state index contributed by atoms with van der Waals surface area (Å²) < 4.78 is 10.7. The molecule has 27 heavy (non-hydrogen) atoms. The summed E-state index contributed by atoms with van der Waals surface area (Å²) in [6.07, 6.45) is 1.58. The third-order valence-corrected chi connectivity index (χ3v) is 5.47. The van der Waals surface area contributed by atoms with E-state index in [-0.39, 0.29) is 18.0 Å². The topological polar surface area (TPSA) is 118 Å². The van der Waals surface area contributed by atoms with Gasteiger partial charge in [0, 0.05) is 19.5 Å². The van der Waals surface area contributed by atoms with Crippen LogP contribution in [-0.2, 0) is 19.1 Å². The number of hydrogen-bond donors (Lipinski definition) is 3. The number of rotatable bonds is 7. The van der Waals surface area contributed by atoms with Gasteiger partial charge in [-0.05, 0) is 50.8 Å². The van der Waals surface area contributed by atoms with Crippen molar-refractivity contribution >= 4 is 49.6 Å². The monoisotopic (exact) mass is 509 g/mol. The number of hydrogen-bond acceptors (Lipinski definition) is 7. The lowest BCUT2D eigenvalue weighted by Gasteiger charge is -2.33. The fourth-order valence-electron chi connectivity index (χ4n) is 2.64. The van der Waals surface area contributed by atoms with Crippen LogP contribution in [0.1, 0.15) is 19.3 Å². The molecule has 2 aliphatic rings. The lowest BCUT2D eigenvalue weighted by Crippen LogP contribution is -2.45. The first-order valence-corrected chi connectivity index (χ1v) is 9.78. The van der Waals surface area contributed by atoms with Crippen LogP contribution >= 0.6 is 31.9 Å². The Labute approximate surface area is 173 Å². The zero-order chi connectivity index (χ0) is 20.0. The third-order valence-electron chi connectivity index (χ3n) is 4.09. The van der Waals surface area contributed by atoms with E-state index in [2.05, 4.69) is 52.4 Å². The maximum absolute atomic E-state index is 12.3. The minimum atomic E-state index is -1.17. The van der Waals surface area contributed by atoms with Crippen LogP contribution in [0.4, 0.5) is 4.79 Å². The molecule has 1 aliphatic heterocycles. The van der Waals surface area contributed by atoms with Crippen molar-refractivity contribution in [2.75, 3.05) is 27.3 Å². The van der Waals surface area contributed by atoms with Crippen LogP contribution in [0.3, 0.4) is 0 Å². The molecular weight excluding hydrogens is 490 g/mol. The summed E-state index contributed by atoms with van der Waals surface area (Å²) in [5.41, 5.74) is -0.976. The van der Waals surface area contributed by atoms with Crippen LogP contribution in [-0.4, -0.2) is 61.8 Å². The summed E-state index contributed by atoms with van der Waals surface area (Å²) in [5.74, 6) is 0.0948. The lowest BCUT2D eigenvalue weighted by atomic mass is 9.87. The molecule has 0 saturated heterocycles. The van der Waals surface area contributed by atoms with Crippen molar-refractivity contribution < 1.29 is 29.0 Å². The van der Waals surface area contributed by atoms with E-state index in [4.69, 9.17) is 9.57 Å². The van der Waals surface area contributed by atoms with E-state index in [1.807, 2.05) is 0 Å². The number of nitrogens with one attached hydrogen (secondary N) is 2. The van der Waals surface area contributed by atoms with Gasteiger partial charge in [-0.2, -0.15) is 0 Å². The van der Waals surface area contributed by atoms with Crippen molar-refractivity contribution in [3.63, 3.8) is 0 Å². The minimum Gasteiger partial charge on any atom is -0.495 e. The van der Waals surface area contributed by atoms with Crippen molar-refractivity contribution in [2.24, 2.45) is 5.16 Å². The van der Waals surface area contributed by atoms with E-state index in [0.717, 1.165) is 0 Å². The predicted octanol–water partition coefficient (Wildman–Crippen LogP) is 1.66. The van der Waals surface area contributed by atoms with Gasteiger partial charge in [0.2, 0.25) is 0 Å². The number of ether oxygens (including phenoxy) is 2. The van der Waals surface area contributed by atoms with E-state index in [9.17, 15) is 14.7 Å². The van der Waals surface area contributed by atoms with Crippen LogP contribution in [0.25, 0.3) is 0 Å². The number of halogens is 2. The SMILES string of the molecule is COC(=O)NCCCCNC(=O)C1=NO[C@]2(C=C(Br)C(OC)=C(Br)[C@@H]2O)C1. The highest BCUT2D eigenvalue weighted by atomic mass is 79.9. The maximum Gasteiger partial charge on any atom is 0.406 e. The molecule has 1 spiro atoms. The Kier molecular flexibility index (Phi) is 7.68. The van der Waals surface area contributed by atoms with Gasteiger partial charge in [0.05, 0.1) is 23.2 Å². The summed E-state index contributed by atoms with van der Waals surface area (Å²) in [6, 6.07) is 0. The van der Waals surface area contributed by atoms with Crippen LogP contribution < -0.4 is 10.6 Å². The molecule has 0 fully saturated rings. The number of methoxy groups -OCH3 is 2. The van der Waals surface area contributed by atoms with Crippen molar-refractivity contribution in [1.29, 1.82) is 0 Å². The lowest BCUT2D eigenvalue weighted by molar-refractivity contribution is -0.114. The first-order valence-electron chi connectivity index (χ1n) is 8.20. The number of alkyl carbamates (subject to hydrolysis) is 1. The van der Waals surface area contributed by atoms with E-state index >= 15 is 0 Å². The molecule has 0 aromatic heterocycles. The molecule has 150 valence electrons. The molecular formula is C16H21Br2N3O6. The first-order chi connectivity index (χ1) is 12.8. The van der Waals surface area contributed by atoms with Gasteiger partial charge in [-0.15, -0.1) is 0 Å². The van der Waals surface area contributed by atoms with E-state index in [0.29, 0.717) is 40.7 Å². The molecule has 2 rings (SSSR count). The smallest absolute Gasteiger partial charge is 0.406 e. The molecule has 0 radical (unpaired) electrons. The second-order valence-electron chi connectivity index (χ2n) is 5.92. The molecule has 2 amide bonds. The average molecular weight is 511 g/mol. The number of carbonyl (C=O) groups is 2. The number of carbonyl (C=O) groups excluding carboxylic acids is 2. The normalized spacial score (nSPS) is 24.1. The number of aliphatic hydroxyl groups excluding tert-OH is 1. The van der Waals surface area contributed by atoms with Gasteiger partial charge in [0.25, 0.3) is 5.91 Å². The molecule has 11 heteroatoms. The van der Waals surface area contributed by atoms with Crippen molar-refractivity contribution in [1.82, 2.24) is 10.6 Å².